The second kappa shape index (κ2) is 6.39. The molecule has 0 aliphatic rings. The largest absolute Gasteiger partial charge is 0.384 e. The molecule has 0 aliphatic heterocycles. The molecule has 0 aliphatic carbocycles. The van der Waals surface area contributed by atoms with Crippen LogP contribution in [0.2, 0.25) is 0 Å². The van der Waals surface area contributed by atoms with Gasteiger partial charge in [0.05, 0.1) is 6.54 Å². The molecule has 0 spiro atoms. The van der Waals surface area contributed by atoms with Crippen LogP contribution in [0.4, 0.5) is 0 Å². The first-order chi connectivity index (χ1) is 9.18. The van der Waals surface area contributed by atoms with Crippen LogP contribution < -0.4 is 5.32 Å². The molecule has 5 nitrogen and oxygen atoms in total. The summed E-state index contributed by atoms with van der Waals surface area (Å²) in [5.41, 5.74) is 0.760. The van der Waals surface area contributed by atoms with E-state index in [0.717, 1.165) is 16.7 Å². The van der Waals surface area contributed by atoms with Gasteiger partial charge >= 0.3 is 0 Å². The summed E-state index contributed by atoms with van der Waals surface area (Å²) in [6.07, 6.45) is 1.04. The predicted octanol–water partition coefficient (Wildman–Crippen LogP) is 0.531. The molecular weight excluding hydrogens is 298 g/mol. The van der Waals surface area contributed by atoms with Crippen LogP contribution in [0.15, 0.2) is 11.4 Å². The molecule has 0 unspecified atom stereocenters. The number of carbonyl (C=O) groups excluding carboxylic acids is 1. The average Bonchev–Trinajstić information content (AvgIpc) is 2.79. The van der Waals surface area contributed by atoms with E-state index in [0.29, 0.717) is 0 Å². The van der Waals surface area contributed by atoms with Crippen molar-refractivity contribution in [2.75, 3.05) is 12.9 Å². The van der Waals surface area contributed by atoms with Crippen molar-refractivity contribution >= 4 is 27.1 Å². The SMILES string of the molecule is CC(C)(C(=O)NCc1cc(C#CCO)cs1)S(C)(=O)=O. The highest BCUT2D eigenvalue weighted by molar-refractivity contribution is 7.92. The number of hydrogen-bond acceptors (Lipinski definition) is 5. The third kappa shape index (κ3) is 4.07. The van der Waals surface area contributed by atoms with E-state index in [4.69, 9.17) is 5.11 Å². The molecule has 1 amide bonds. The van der Waals surface area contributed by atoms with Crippen molar-refractivity contribution in [1.29, 1.82) is 0 Å². The van der Waals surface area contributed by atoms with E-state index in [9.17, 15) is 13.2 Å². The summed E-state index contributed by atoms with van der Waals surface area (Å²) in [6, 6.07) is 1.79. The maximum Gasteiger partial charge on any atom is 0.241 e. The Hall–Kier alpha value is -1.36. The van der Waals surface area contributed by atoms with Crippen LogP contribution in [0.3, 0.4) is 0 Å². The zero-order chi connectivity index (χ0) is 15.4. The molecule has 1 rings (SSSR count). The maximum atomic E-state index is 11.9. The molecular formula is C13H17NO4S2. The fourth-order valence-electron chi connectivity index (χ4n) is 1.23. The molecule has 110 valence electrons. The molecule has 0 radical (unpaired) electrons. The quantitative estimate of drug-likeness (QED) is 0.794. The molecule has 1 heterocycles. The number of thiophene rings is 1. The smallest absolute Gasteiger partial charge is 0.241 e. The summed E-state index contributed by atoms with van der Waals surface area (Å²) in [6.45, 7) is 2.81. The van der Waals surface area contributed by atoms with Crippen LogP contribution in [-0.2, 0) is 21.2 Å². The van der Waals surface area contributed by atoms with E-state index in [-0.39, 0.29) is 13.2 Å². The highest BCUT2D eigenvalue weighted by Crippen LogP contribution is 2.17. The van der Waals surface area contributed by atoms with Crippen molar-refractivity contribution in [3.05, 3.63) is 21.9 Å². The first-order valence-electron chi connectivity index (χ1n) is 5.83. The lowest BCUT2D eigenvalue weighted by atomic mass is 10.2. The van der Waals surface area contributed by atoms with E-state index in [2.05, 4.69) is 17.2 Å². The van der Waals surface area contributed by atoms with Crippen molar-refractivity contribution in [3.63, 3.8) is 0 Å². The highest BCUT2D eigenvalue weighted by atomic mass is 32.2. The minimum absolute atomic E-state index is 0.204. The van der Waals surface area contributed by atoms with Gasteiger partial charge in [0.15, 0.2) is 9.84 Å². The van der Waals surface area contributed by atoms with Crippen LogP contribution in [0.1, 0.15) is 24.3 Å². The summed E-state index contributed by atoms with van der Waals surface area (Å²) in [4.78, 5) is 12.8. The van der Waals surface area contributed by atoms with E-state index in [1.165, 1.54) is 25.2 Å². The predicted molar refractivity (Wildman–Crippen MR) is 79.1 cm³/mol. The van der Waals surface area contributed by atoms with E-state index in [1.807, 2.05) is 5.38 Å². The number of aliphatic hydroxyl groups is 1. The minimum Gasteiger partial charge on any atom is -0.384 e. The van der Waals surface area contributed by atoms with Crippen LogP contribution in [0, 0.1) is 11.8 Å². The molecule has 0 fully saturated rings. The van der Waals surface area contributed by atoms with Crippen molar-refractivity contribution in [3.8, 4) is 11.8 Å². The van der Waals surface area contributed by atoms with Gasteiger partial charge in [0, 0.05) is 22.1 Å². The lowest BCUT2D eigenvalue weighted by Crippen LogP contribution is -2.47. The molecule has 1 aromatic rings. The van der Waals surface area contributed by atoms with Crippen molar-refractivity contribution in [1.82, 2.24) is 5.32 Å². The standard InChI is InChI=1S/C13H17NO4S2/c1-13(2,20(3,17)18)12(16)14-8-11-7-10(9-19-11)5-4-6-15/h7,9,15H,6,8H2,1-3H3,(H,14,16). The molecule has 0 bridgehead atoms. The molecule has 0 saturated carbocycles. The van der Waals surface area contributed by atoms with E-state index in [1.54, 1.807) is 6.07 Å². The van der Waals surface area contributed by atoms with Crippen LogP contribution in [0.5, 0.6) is 0 Å². The maximum absolute atomic E-state index is 11.9. The second-order valence-corrected chi connectivity index (χ2v) is 8.29. The fourth-order valence-corrected chi connectivity index (χ4v) is 2.39. The topological polar surface area (TPSA) is 83.5 Å². The van der Waals surface area contributed by atoms with Crippen LogP contribution in [0.25, 0.3) is 0 Å². The van der Waals surface area contributed by atoms with Gasteiger partial charge < -0.3 is 10.4 Å². The fraction of sp³-hybridized carbons (Fsp3) is 0.462. The van der Waals surface area contributed by atoms with Crippen LogP contribution in [-0.4, -0.2) is 37.0 Å². The second-order valence-electron chi connectivity index (χ2n) is 4.73. The Bertz CT molecular complexity index is 647. The molecule has 7 heteroatoms. The zero-order valence-corrected chi connectivity index (χ0v) is 13.2. The van der Waals surface area contributed by atoms with Gasteiger partial charge in [-0.3, -0.25) is 4.79 Å². The summed E-state index contributed by atoms with van der Waals surface area (Å²) >= 11 is 1.41. The Morgan fingerprint density at radius 2 is 2.15 bits per heavy atom. The highest BCUT2D eigenvalue weighted by Gasteiger charge is 2.38. The van der Waals surface area contributed by atoms with Gasteiger partial charge in [0.25, 0.3) is 0 Å². The molecule has 1 aromatic heterocycles. The Kier molecular flexibility index (Phi) is 5.34. The van der Waals surface area contributed by atoms with Gasteiger partial charge in [0.1, 0.15) is 11.4 Å². The third-order valence-electron chi connectivity index (χ3n) is 2.86. The minimum atomic E-state index is -3.47. The lowest BCUT2D eigenvalue weighted by molar-refractivity contribution is -0.123. The number of hydrogen-bond donors (Lipinski definition) is 2. The summed E-state index contributed by atoms with van der Waals surface area (Å²) in [7, 11) is -3.47. The number of carbonyl (C=O) groups is 1. The molecule has 0 saturated heterocycles. The van der Waals surface area contributed by atoms with E-state index < -0.39 is 20.5 Å². The molecule has 20 heavy (non-hydrogen) atoms. The average molecular weight is 315 g/mol. The van der Waals surface area contributed by atoms with Crippen LogP contribution >= 0.6 is 11.3 Å². The Morgan fingerprint density at radius 1 is 1.50 bits per heavy atom. The first kappa shape index (κ1) is 16.7. The normalized spacial score (nSPS) is 11.6. The van der Waals surface area contributed by atoms with Gasteiger partial charge in [0.2, 0.25) is 5.91 Å². The zero-order valence-electron chi connectivity index (χ0n) is 11.6. The Labute approximate surface area is 122 Å². The lowest BCUT2D eigenvalue weighted by Gasteiger charge is -2.21. The Balaban J connectivity index is 2.69. The van der Waals surface area contributed by atoms with Gasteiger partial charge in [-0.05, 0) is 19.9 Å². The van der Waals surface area contributed by atoms with Gasteiger partial charge in [-0.15, -0.1) is 11.3 Å². The van der Waals surface area contributed by atoms with Crippen molar-refractivity contribution in [2.45, 2.75) is 25.1 Å². The van der Waals surface area contributed by atoms with Gasteiger partial charge in [-0.25, -0.2) is 8.42 Å². The molecule has 2 N–H and O–H groups in total. The summed E-state index contributed by atoms with van der Waals surface area (Å²) < 4.78 is 21.6. The van der Waals surface area contributed by atoms with Crippen molar-refractivity contribution in [2.24, 2.45) is 0 Å². The molecule has 0 aromatic carbocycles. The Morgan fingerprint density at radius 3 is 2.70 bits per heavy atom. The number of rotatable bonds is 4. The monoisotopic (exact) mass is 315 g/mol. The number of sulfone groups is 1. The third-order valence-corrected chi connectivity index (χ3v) is 5.84. The van der Waals surface area contributed by atoms with E-state index >= 15 is 0 Å². The summed E-state index contributed by atoms with van der Waals surface area (Å²) in [5, 5.41) is 13.0. The van der Waals surface area contributed by atoms with Crippen molar-refractivity contribution < 1.29 is 18.3 Å². The number of aliphatic hydroxyl groups excluding tert-OH is 1. The van der Waals surface area contributed by atoms with Gasteiger partial charge in [-0.1, -0.05) is 11.8 Å². The van der Waals surface area contributed by atoms with Gasteiger partial charge in [-0.2, -0.15) is 0 Å². The molecule has 0 atom stereocenters. The number of nitrogens with one attached hydrogen (secondary N) is 1. The number of amides is 1. The first-order valence-corrected chi connectivity index (χ1v) is 8.60. The summed E-state index contributed by atoms with van der Waals surface area (Å²) in [5.74, 6) is 4.76.